The van der Waals surface area contributed by atoms with E-state index in [9.17, 15) is 8.42 Å². The van der Waals surface area contributed by atoms with Gasteiger partial charge in [0.2, 0.25) is 10.0 Å². The lowest BCUT2D eigenvalue weighted by atomic mass is 10.1. The summed E-state index contributed by atoms with van der Waals surface area (Å²) in [4.78, 5) is 2.62. The Bertz CT molecular complexity index is 727. The maximum absolute atomic E-state index is 11.2. The molecule has 0 aromatic heterocycles. The van der Waals surface area contributed by atoms with Crippen LogP contribution in [-0.4, -0.2) is 26.4 Å². The summed E-state index contributed by atoms with van der Waals surface area (Å²) in [5.41, 5.74) is 2.53. The lowest BCUT2D eigenvalue weighted by molar-refractivity contribution is 0.495. The van der Waals surface area contributed by atoms with Gasteiger partial charge in [0, 0.05) is 12.6 Å². The van der Waals surface area contributed by atoms with Crippen molar-refractivity contribution in [2.45, 2.75) is 23.8 Å². The summed E-state index contributed by atoms with van der Waals surface area (Å²) >= 11 is 0. The first-order valence-corrected chi connectivity index (χ1v) is 8.99. The van der Waals surface area contributed by atoms with Gasteiger partial charge >= 0.3 is 0 Å². The number of benzene rings is 2. The molecule has 0 bridgehead atoms. The van der Waals surface area contributed by atoms with Crippen molar-refractivity contribution < 1.29 is 8.42 Å². The van der Waals surface area contributed by atoms with Gasteiger partial charge in [0.15, 0.2) is 0 Å². The second kappa shape index (κ2) is 6.20. The fourth-order valence-electron chi connectivity index (χ4n) is 2.75. The molecule has 2 atom stereocenters. The SMILES string of the molecule is NS(=O)(=O)c1ccc(CCCN2CC2c2ccccc2)cc1. The fraction of sp³-hybridized carbons (Fsp3) is 0.294. The Morgan fingerprint density at radius 1 is 1.05 bits per heavy atom. The zero-order valence-corrected chi connectivity index (χ0v) is 13.2. The van der Waals surface area contributed by atoms with Crippen LogP contribution in [0.25, 0.3) is 0 Å². The average molecular weight is 316 g/mol. The summed E-state index contributed by atoms with van der Waals surface area (Å²) in [5.74, 6) is 0. The van der Waals surface area contributed by atoms with Crippen molar-refractivity contribution in [1.29, 1.82) is 0 Å². The third-order valence-corrected chi connectivity index (χ3v) is 4.99. The molecule has 0 radical (unpaired) electrons. The van der Waals surface area contributed by atoms with Crippen LogP contribution in [0.1, 0.15) is 23.6 Å². The van der Waals surface area contributed by atoms with Crippen molar-refractivity contribution in [2.24, 2.45) is 5.14 Å². The third kappa shape index (κ3) is 3.74. The molecule has 2 aromatic rings. The molecule has 0 saturated carbocycles. The first-order chi connectivity index (χ1) is 10.5. The van der Waals surface area contributed by atoms with Gasteiger partial charge in [-0.3, -0.25) is 4.90 Å². The molecule has 0 aliphatic carbocycles. The summed E-state index contributed by atoms with van der Waals surface area (Å²) < 4.78 is 22.4. The van der Waals surface area contributed by atoms with E-state index in [-0.39, 0.29) is 4.90 Å². The minimum absolute atomic E-state index is 0.173. The van der Waals surface area contributed by atoms with E-state index < -0.39 is 10.0 Å². The second-order valence-corrected chi connectivity index (χ2v) is 7.28. The van der Waals surface area contributed by atoms with Gasteiger partial charge in [-0.1, -0.05) is 42.5 Å². The third-order valence-electron chi connectivity index (χ3n) is 4.06. The number of sulfonamides is 1. The van der Waals surface area contributed by atoms with E-state index >= 15 is 0 Å². The number of nitrogens with two attached hydrogens (primary N) is 1. The Morgan fingerprint density at radius 3 is 2.36 bits per heavy atom. The van der Waals surface area contributed by atoms with Crippen LogP contribution in [0.2, 0.25) is 0 Å². The monoisotopic (exact) mass is 316 g/mol. The normalized spacial score (nSPS) is 20.8. The molecule has 2 unspecified atom stereocenters. The second-order valence-electron chi connectivity index (χ2n) is 5.71. The van der Waals surface area contributed by atoms with Gasteiger partial charge in [-0.15, -0.1) is 0 Å². The molecule has 1 aliphatic heterocycles. The predicted octanol–water partition coefficient (Wildman–Crippen LogP) is 2.32. The molecule has 2 N–H and O–H groups in total. The maximum atomic E-state index is 11.2. The van der Waals surface area contributed by atoms with Gasteiger partial charge in [-0.25, -0.2) is 13.6 Å². The minimum Gasteiger partial charge on any atom is -0.293 e. The van der Waals surface area contributed by atoms with Gasteiger partial charge in [0.25, 0.3) is 0 Å². The highest BCUT2D eigenvalue weighted by atomic mass is 32.2. The van der Waals surface area contributed by atoms with Gasteiger partial charge in [-0.05, 0) is 42.6 Å². The van der Waals surface area contributed by atoms with Crippen LogP contribution < -0.4 is 5.14 Å². The van der Waals surface area contributed by atoms with Crippen LogP contribution in [0.15, 0.2) is 59.5 Å². The van der Waals surface area contributed by atoms with Crippen molar-refractivity contribution in [2.75, 3.05) is 13.1 Å². The standard InChI is InChI=1S/C17H20N2O2S/c18-22(20,21)16-10-8-14(9-11-16)5-4-12-19-13-17(19)15-6-2-1-3-7-15/h1-3,6-11,17H,4-5,12-13H2,(H2,18,20,21). The van der Waals surface area contributed by atoms with E-state index in [1.54, 1.807) is 12.1 Å². The molecule has 1 heterocycles. The van der Waals surface area contributed by atoms with E-state index in [1.165, 1.54) is 5.56 Å². The van der Waals surface area contributed by atoms with Gasteiger partial charge in [0.1, 0.15) is 0 Å². The van der Waals surface area contributed by atoms with Gasteiger partial charge in [0.05, 0.1) is 4.90 Å². The highest BCUT2D eigenvalue weighted by Crippen LogP contribution is 2.34. The van der Waals surface area contributed by atoms with Crippen molar-refractivity contribution in [3.63, 3.8) is 0 Å². The van der Waals surface area contributed by atoms with Crippen LogP contribution in [0.3, 0.4) is 0 Å². The number of nitrogens with zero attached hydrogens (tertiary/aromatic N) is 1. The van der Waals surface area contributed by atoms with Gasteiger partial charge < -0.3 is 0 Å². The Balaban J connectivity index is 1.47. The summed E-state index contributed by atoms with van der Waals surface area (Å²) in [6.45, 7) is 2.20. The van der Waals surface area contributed by atoms with Crippen molar-refractivity contribution >= 4 is 10.0 Å². The first kappa shape index (κ1) is 15.2. The Morgan fingerprint density at radius 2 is 1.73 bits per heavy atom. The topological polar surface area (TPSA) is 63.2 Å². The number of rotatable bonds is 6. The molecule has 0 spiro atoms. The van der Waals surface area contributed by atoms with Crippen molar-refractivity contribution in [3.05, 3.63) is 65.7 Å². The molecule has 2 aromatic carbocycles. The molecular formula is C17H20N2O2S. The lowest BCUT2D eigenvalue weighted by Crippen LogP contribution is -2.12. The van der Waals surface area contributed by atoms with Crippen LogP contribution in [0.4, 0.5) is 0 Å². The number of hydrogen-bond donors (Lipinski definition) is 1. The number of primary sulfonamides is 1. The largest absolute Gasteiger partial charge is 0.293 e. The molecule has 1 saturated heterocycles. The molecule has 0 amide bonds. The smallest absolute Gasteiger partial charge is 0.238 e. The van der Waals surface area contributed by atoms with E-state index in [2.05, 4.69) is 29.2 Å². The predicted molar refractivity (Wildman–Crippen MR) is 86.9 cm³/mol. The molecule has 3 rings (SSSR count). The Hall–Kier alpha value is -1.69. The van der Waals surface area contributed by atoms with E-state index in [0.29, 0.717) is 6.04 Å². The molecule has 116 valence electrons. The lowest BCUT2D eigenvalue weighted by Gasteiger charge is -2.05. The molecular weight excluding hydrogens is 296 g/mol. The van der Waals surface area contributed by atoms with E-state index in [0.717, 1.165) is 31.5 Å². The highest BCUT2D eigenvalue weighted by Gasteiger charge is 2.34. The van der Waals surface area contributed by atoms with E-state index in [1.807, 2.05) is 18.2 Å². The quantitative estimate of drug-likeness (QED) is 0.832. The zero-order chi connectivity index (χ0) is 15.6. The summed E-state index contributed by atoms with van der Waals surface area (Å²) in [6.07, 6.45) is 2.01. The highest BCUT2D eigenvalue weighted by molar-refractivity contribution is 7.89. The summed E-state index contributed by atoms with van der Waals surface area (Å²) in [5, 5.41) is 5.09. The van der Waals surface area contributed by atoms with Crippen LogP contribution >= 0.6 is 0 Å². The average Bonchev–Trinajstić information content (AvgIpc) is 3.27. The van der Waals surface area contributed by atoms with Gasteiger partial charge in [-0.2, -0.15) is 0 Å². The Labute approximate surface area is 131 Å². The molecule has 1 aliphatic rings. The van der Waals surface area contributed by atoms with Crippen molar-refractivity contribution in [3.8, 4) is 0 Å². The van der Waals surface area contributed by atoms with E-state index in [4.69, 9.17) is 5.14 Å². The molecule has 22 heavy (non-hydrogen) atoms. The number of hydrogen-bond acceptors (Lipinski definition) is 3. The summed E-state index contributed by atoms with van der Waals surface area (Å²) in [7, 11) is -3.59. The minimum atomic E-state index is -3.59. The molecule has 1 fully saturated rings. The van der Waals surface area contributed by atoms with Crippen LogP contribution in [0.5, 0.6) is 0 Å². The first-order valence-electron chi connectivity index (χ1n) is 7.45. The maximum Gasteiger partial charge on any atom is 0.238 e. The fourth-order valence-corrected chi connectivity index (χ4v) is 3.26. The zero-order valence-electron chi connectivity index (χ0n) is 12.4. The van der Waals surface area contributed by atoms with Crippen molar-refractivity contribution in [1.82, 2.24) is 4.90 Å². The molecule has 5 heteroatoms. The van der Waals surface area contributed by atoms with Crippen LogP contribution in [-0.2, 0) is 16.4 Å². The number of aryl methyl sites for hydroxylation is 1. The van der Waals surface area contributed by atoms with Crippen LogP contribution in [0, 0.1) is 0 Å². The Kier molecular flexibility index (Phi) is 4.29. The molecule has 4 nitrogen and oxygen atoms in total. The summed E-state index contributed by atoms with van der Waals surface area (Å²) in [6, 6.07) is 18.0.